The average Bonchev–Trinajstić information content (AvgIpc) is 2.08. The summed E-state index contributed by atoms with van der Waals surface area (Å²) < 4.78 is 0. The maximum atomic E-state index is 10.7. The predicted octanol–water partition coefficient (Wildman–Crippen LogP) is -1.62. The third-order valence-electron chi connectivity index (χ3n) is 1.68. The van der Waals surface area contributed by atoms with Crippen LogP contribution in [0.5, 0.6) is 5.75 Å². The van der Waals surface area contributed by atoms with E-state index in [9.17, 15) is 15.0 Å². The molecule has 0 aliphatic heterocycles. The Labute approximate surface area is 75.6 Å². The average molecular weight is 179 g/mol. The number of carbonyl (C=O) groups is 1. The Balaban J connectivity index is 2.64. The first-order valence-electron chi connectivity index (χ1n) is 3.82. The molecule has 1 atom stereocenters. The van der Waals surface area contributed by atoms with Crippen LogP contribution in [0.2, 0.25) is 0 Å². The van der Waals surface area contributed by atoms with Crippen molar-refractivity contribution in [3.8, 4) is 5.75 Å². The highest BCUT2D eigenvalue weighted by Crippen LogP contribution is 2.07. The predicted molar refractivity (Wildman–Crippen MR) is 42.6 cm³/mol. The maximum absolute atomic E-state index is 10.7. The summed E-state index contributed by atoms with van der Waals surface area (Å²) in [5, 5.41) is 21.0. The molecule has 70 valence electrons. The molecule has 4 nitrogen and oxygen atoms in total. The Morgan fingerprint density at radius 2 is 1.92 bits per heavy atom. The lowest BCUT2D eigenvalue weighted by molar-refractivity contribution is -0.307. The van der Waals surface area contributed by atoms with Crippen LogP contribution < -0.4 is 15.9 Å². The van der Waals surface area contributed by atoms with Crippen LogP contribution in [0.15, 0.2) is 24.3 Å². The topological polar surface area (TPSA) is 89.2 Å². The van der Waals surface area contributed by atoms with Gasteiger partial charge >= 0.3 is 0 Å². The van der Waals surface area contributed by atoms with Crippen molar-refractivity contribution in [2.45, 2.75) is 12.5 Å². The number of rotatable bonds is 3. The van der Waals surface area contributed by atoms with E-state index in [0.717, 1.165) is 5.56 Å². The number of carboxylic acid groups (broad SMARTS) is 1. The zero-order valence-electron chi connectivity index (χ0n) is 6.90. The van der Waals surface area contributed by atoms with Gasteiger partial charge in [-0.3, -0.25) is 0 Å². The normalized spacial score (nSPS) is 12.4. The minimum absolute atomic E-state index is 0.106. The lowest BCUT2D eigenvalue weighted by Gasteiger charge is -2.13. The third-order valence-corrected chi connectivity index (χ3v) is 1.68. The molecular weight excluding hydrogens is 170 g/mol. The van der Waals surface area contributed by atoms with Gasteiger partial charge in [-0.25, -0.2) is 0 Å². The minimum Gasteiger partial charge on any atom is -0.872 e. The number of hydrogen-bond donors (Lipinski definition) is 1. The van der Waals surface area contributed by atoms with Crippen LogP contribution >= 0.6 is 0 Å². The lowest BCUT2D eigenvalue weighted by Crippen LogP contribution is -2.43. The fourth-order valence-corrected chi connectivity index (χ4v) is 0.963. The SMILES string of the molecule is N[C@H](Cc1ccc([O-])cc1)C(=O)[O-]. The van der Waals surface area contributed by atoms with Gasteiger partial charge in [0.05, 0.1) is 5.97 Å². The van der Waals surface area contributed by atoms with Crippen LogP contribution in [-0.2, 0) is 11.2 Å². The molecule has 2 N–H and O–H groups in total. The van der Waals surface area contributed by atoms with Crippen LogP contribution in [0.25, 0.3) is 0 Å². The molecule has 1 rings (SSSR count). The first kappa shape index (κ1) is 9.54. The maximum Gasteiger partial charge on any atom is 0.0585 e. The van der Waals surface area contributed by atoms with Crippen molar-refractivity contribution in [1.82, 2.24) is 0 Å². The van der Waals surface area contributed by atoms with Crippen LogP contribution in [0.1, 0.15) is 5.56 Å². The van der Waals surface area contributed by atoms with E-state index in [1.54, 1.807) is 12.1 Å². The molecule has 0 aliphatic carbocycles. The molecule has 1 aromatic carbocycles. The number of carboxylic acids is 1. The molecule has 0 saturated carbocycles. The number of benzene rings is 1. The fourth-order valence-electron chi connectivity index (χ4n) is 0.963. The molecule has 0 fully saturated rings. The van der Waals surface area contributed by atoms with E-state index in [4.69, 9.17) is 5.73 Å². The van der Waals surface area contributed by atoms with Gasteiger partial charge < -0.3 is 20.7 Å². The first-order valence-corrected chi connectivity index (χ1v) is 3.82. The van der Waals surface area contributed by atoms with E-state index in [2.05, 4.69) is 0 Å². The molecule has 0 amide bonds. The second-order valence-corrected chi connectivity index (χ2v) is 2.77. The summed E-state index contributed by atoms with van der Waals surface area (Å²) in [4.78, 5) is 10.3. The van der Waals surface area contributed by atoms with Gasteiger partial charge in [-0.15, -0.1) is 5.75 Å². The molecule has 0 unspecified atom stereocenters. The van der Waals surface area contributed by atoms with Gasteiger partial charge in [-0.1, -0.05) is 24.3 Å². The Hall–Kier alpha value is -1.55. The van der Waals surface area contributed by atoms with E-state index in [1.807, 2.05) is 0 Å². The first-order chi connectivity index (χ1) is 6.09. The van der Waals surface area contributed by atoms with E-state index in [-0.39, 0.29) is 12.2 Å². The molecule has 1 aromatic rings. The van der Waals surface area contributed by atoms with Gasteiger partial charge in [0.25, 0.3) is 0 Å². The summed E-state index contributed by atoms with van der Waals surface area (Å²) in [5.41, 5.74) is 5.97. The Kier molecular flexibility index (Phi) is 2.87. The molecule has 0 heterocycles. The highest BCUT2D eigenvalue weighted by atomic mass is 16.4. The van der Waals surface area contributed by atoms with Gasteiger partial charge in [-0.05, 0) is 12.0 Å². The Morgan fingerprint density at radius 1 is 1.38 bits per heavy atom. The van der Waals surface area contributed by atoms with Crippen molar-refractivity contribution in [2.24, 2.45) is 5.73 Å². The summed E-state index contributed by atoms with van der Waals surface area (Å²) in [5.74, 6) is -1.39. The largest absolute Gasteiger partial charge is 0.872 e. The number of aliphatic carboxylic acids is 1. The molecule has 0 saturated heterocycles. The summed E-state index contributed by atoms with van der Waals surface area (Å²) in [6.45, 7) is 0. The number of carbonyl (C=O) groups excluding carboxylic acids is 1. The Bertz CT molecular complexity index is 294. The number of hydrogen-bond acceptors (Lipinski definition) is 4. The third kappa shape index (κ3) is 2.76. The fraction of sp³-hybridized carbons (Fsp3) is 0.222. The molecule has 0 radical (unpaired) electrons. The standard InChI is InChI=1S/C9H11NO3/c10-8(9(12)13)5-6-1-3-7(11)4-2-6/h1-4,8,11H,5,10H2,(H,12,13)/p-2/t8-/m1/s1. The summed E-state index contributed by atoms with van der Waals surface area (Å²) in [7, 11) is 0. The van der Waals surface area contributed by atoms with Gasteiger partial charge in [0.15, 0.2) is 0 Å². The van der Waals surface area contributed by atoms with Gasteiger partial charge in [0.1, 0.15) is 0 Å². The minimum atomic E-state index is -1.29. The van der Waals surface area contributed by atoms with Crippen molar-refractivity contribution in [2.75, 3.05) is 0 Å². The van der Waals surface area contributed by atoms with Crippen molar-refractivity contribution in [3.63, 3.8) is 0 Å². The molecule has 0 aromatic heterocycles. The summed E-state index contributed by atoms with van der Waals surface area (Å²) >= 11 is 0. The molecule has 13 heavy (non-hydrogen) atoms. The molecule has 0 aliphatic rings. The highest BCUT2D eigenvalue weighted by Gasteiger charge is 2.03. The van der Waals surface area contributed by atoms with Crippen molar-refractivity contribution in [1.29, 1.82) is 0 Å². The second-order valence-electron chi connectivity index (χ2n) is 2.77. The molecular formula is C9H9NO3-2. The van der Waals surface area contributed by atoms with Crippen LogP contribution in [0.4, 0.5) is 0 Å². The second kappa shape index (κ2) is 3.91. The smallest absolute Gasteiger partial charge is 0.0585 e. The number of nitrogens with two attached hydrogens (primary N) is 1. The van der Waals surface area contributed by atoms with E-state index < -0.39 is 12.0 Å². The van der Waals surface area contributed by atoms with Crippen molar-refractivity contribution in [3.05, 3.63) is 29.8 Å². The summed E-state index contributed by atoms with van der Waals surface area (Å²) in [6, 6.07) is 4.85. The Morgan fingerprint density at radius 3 is 2.38 bits per heavy atom. The van der Waals surface area contributed by atoms with Crippen molar-refractivity contribution >= 4 is 5.97 Å². The van der Waals surface area contributed by atoms with E-state index in [0.29, 0.717) is 0 Å². The van der Waals surface area contributed by atoms with Crippen LogP contribution in [0.3, 0.4) is 0 Å². The van der Waals surface area contributed by atoms with Crippen LogP contribution in [0, 0.1) is 0 Å². The zero-order valence-corrected chi connectivity index (χ0v) is 6.90. The highest BCUT2D eigenvalue weighted by molar-refractivity contribution is 5.71. The van der Waals surface area contributed by atoms with Gasteiger partial charge in [0, 0.05) is 6.04 Å². The zero-order chi connectivity index (χ0) is 9.84. The molecule has 4 heteroatoms. The van der Waals surface area contributed by atoms with E-state index >= 15 is 0 Å². The lowest BCUT2D eigenvalue weighted by atomic mass is 10.1. The molecule has 0 bridgehead atoms. The quantitative estimate of drug-likeness (QED) is 0.603. The van der Waals surface area contributed by atoms with Gasteiger partial charge in [0.2, 0.25) is 0 Å². The monoisotopic (exact) mass is 179 g/mol. The van der Waals surface area contributed by atoms with E-state index in [1.165, 1.54) is 12.1 Å². The van der Waals surface area contributed by atoms with Crippen LogP contribution in [-0.4, -0.2) is 12.0 Å². The van der Waals surface area contributed by atoms with Gasteiger partial charge in [-0.2, -0.15) is 0 Å². The summed E-state index contributed by atoms with van der Waals surface area (Å²) in [6.07, 6.45) is 0.183. The molecule has 0 spiro atoms. The van der Waals surface area contributed by atoms with Crippen molar-refractivity contribution < 1.29 is 15.0 Å².